The summed E-state index contributed by atoms with van der Waals surface area (Å²) in [6.07, 6.45) is 6.55. The average molecular weight is 337 g/mol. The first-order valence-corrected chi connectivity index (χ1v) is 8.50. The molecule has 0 fully saturated rings. The molecule has 3 heterocycles. The van der Waals surface area contributed by atoms with Crippen LogP contribution in [0.15, 0.2) is 36.8 Å². The van der Waals surface area contributed by atoms with Crippen molar-refractivity contribution >= 4 is 30.6 Å². The molecule has 0 amide bonds. The first-order chi connectivity index (χ1) is 12.1. The molecule has 0 saturated heterocycles. The van der Waals surface area contributed by atoms with Crippen LogP contribution in [0, 0.1) is 0 Å². The van der Waals surface area contributed by atoms with Gasteiger partial charge in [0.25, 0.3) is 0 Å². The van der Waals surface area contributed by atoms with E-state index in [1.807, 2.05) is 43.0 Å². The molecule has 0 radical (unpaired) electrons. The third-order valence-electron chi connectivity index (χ3n) is 3.93. The van der Waals surface area contributed by atoms with E-state index in [9.17, 15) is 0 Å². The van der Waals surface area contributed by atoms with Crippen LogP contribution in [0.4, 0.5) is 11.6 Å². The Kier molecular flexibility index (Phi) is 5.50. The summed E-state index contributed by atoms with van der Waals surface area (Å²) in [5, 5.41) is 11.3. The van der Waals surface area contributed by atoms with Gasteiger partial charge in [0.15, 0.2) is 5.65 Å². The monoisotopic (exact) mass is 337 g/mol. The fourth-order valence-corrected chi connectivity index (χ4v) is 2.60. The van der Waals surface area contributed by atoms with Gasteiger partial charge in [-0.15, -0.1) is 0 Å². The second-order valence-electron chi connectivity index (χ2n) is 6.39. The molecule has 8 heteroatoms. The molecule has 0 aliphatic rings. The van der Waals surface area contributed by atoms with E-state index in [2.05, 4.69) is 39.7 Å². The number of fused-ring (bicyclic) bond motifs is 1. The lowest BCUT2D eigenvalue weighted by Gasteiger charge is -2.13. The number of nitrogens with zero attached hydrogens (tertiary/aromatic N) is 5. The maximum Gasteiger partial charge on any atom is 0.153 e. The Bertz CT molecular complexity index is 816. The molecule has 0 unspecified atom stereocenters. The summed E-state index contributed by atoms with van der Waals surface area (Å²) in [4.78, 5) is 11.0. The summed E-state index contributed by atoms with van der Waals surface area (Å²) in [5.74, 6) is 1.78. The summed E-state index contributed by atoms with van der Waals surface area (Å²) < 4.78 is 1.84. The van der Waals surface area contributed by atoms with E-state index < -0.39 is 0 Å². The Morgan fingerprint density at radius 3 is 2.88 bits per heavy atom. The summed E-state index contributed by atoms with van der Waals surface area (Å²) in [5.41, 5.74) is 3.05. The molecule has 0 saturated carbocycles. The van der Waals surface area contributed by atoms with Crippen molar-refractivity contribution in [3.05, 3.63) is 42.4 Å². The van der Waals surface area contributed by atoms with Crippen molar-refractivity contribution in [3.8, 4) is 0 Å². The van der Waals surface area contributed by atoms with Crippen LogP contribution in [0.5, 0.6) is 0 Å². The molecule has 3 rings (SSSR count). The minimum Gasteiger partial charge on any atom is -0.370 e. The topological polar surface area (TPSA) is 70.4 Å². The fourth-order valence-electron chi connectivity index (χ4n) is 2.60. The molecule has 0 aromatic carbocycles. The first-order valence-electron chi connectivity index (χ1n) is 8.50. The van der Waals surface area contributed by atoms with Gasteiger partial charge in [-0.1, -0.05) is 6.07 Å². The minimum atomic E-state index is 0.686. The van der Waals surface area contributed by atoms with Crippen LogP contribution in [0.25, 0.3) is 5.65 Å². The van der Waals surface area contributed by atoms with Crippen molar-refractivity contribution in [2.75, 3.05) is 37.8 Å². The van der Waals surface area contributed by atoms with Gasteiger partial charge in [0.2, 0.25) is 0 Å². The van der Waals surface area contributed by atoms with Crippen molar-refractivity contribution in [1.29, 1.82) is 0 Å². The molecule has 25 heavy (non-hydrogen) atoms. The first kappa shape index (κ1) is 17.2. The normalized spacial score (nSPS) is 11.2. The van der Waals surface area contributed by atoms with Gasteiger partial charge in [-0.05, 0) is 44.2 Å². The van der Waals surface area contributed by atoms with Crippen LogP contribution in [0.1, 0.15) is 12.0 Å². The summed E-state index contributed by atoms with van der Waals surface area (Å²) in [6.45, 7) is 2.62. The van der Waals surface area contributed by atoms with E-state index in [4.69, 9.17) is 4.98 Å². The maximum atomic E-state index is 4.69. The molecule has 2 N–H and O–H groups in total. The lowest BCUT2D eigenvalue weighted by molar-refractivity contribution is 0.405. The molecule has 0 aliphatic heterocycles. The van der Waals surface area contributed by atoms with E-state index >= 15 is 0 Å². The van der Waals surface area contributed by atoms with Crippen LogP contribution in [0.2, 0.25) is 0 Å². The number of nitrogens with one attached hydrogen (secondary N) is 2. The van der Waals surface area contributed by atoms with Crippen LogP contribution in [-0.2, 0) is 6.54 Å². The summed E-state index contributed by atoms with van der Waals surface area (Å²) in [7, 11) is 6.19. The summed E-state index contributed by atoms with van der Waals surface area (Å²) >= 11 is 0. The molecule has 0 aliphatic carbocycles. The number of pyridine rings is 1. The molecule has 7 nitrogen and oxygen atoms in total. The Balaban J connectivity index is 1.76. The second-order valence-corrected chi connectivity index (χ2v) is 6.39. The van der Waals surface area contributed by atoms with Gasteiger partial charge in [0.05, 0.1) is 0 Å². The largest absolute Gasteiger partial charge is 0.370 e. The smallest absolute Gasteiger partial charge is 0.153 e. The van der Waals surface area contributed by atoms with Crippen molar-refractivity contribution < 1.29 is 0 Å². The molecule has 3 aromatic heterocycles. The zero-order valence-corrected chi connectivity index (χ0v) is 15.0. The number of aromatic nitrogens is 4. The lowest BCUT2D eigenvalue weighted by Crippen LogP contribution is -2.17. The highest BCUT2D eigenvalue weighted by molar-refractivity contribution is 6.36. The second kappa shape index (κ2) is 7.98. The van der Waals surface area contributed by atoms with E-state index in [1.54, 1.807) is 6.20 Å². The van der Waals surface area contributed by atoms with Crippen molar-refractivity contribution in [1.82, 2.24) is 24.5 Å². The van der Waals surface area contributed by atoms with Crippen LogP contribution < -0.4 is 16.1 Å². The van der Waals surface area contributed by atoms with Gasteiger partial charge in [-0.25, -0.2) is 4.98 Å². The third kappa shape index (κ3) is 4.48. The predicted octanol–water partition coefficient (Wildman–Crippen LogP) is 0.358. The SMILES string of the molecule is Bc1cnn2c(NCc3cccnc3)cc(NCCCN(C)C)nc12. The van der Waals surface area contributed by atoms with Crippen LogP contribution in [-0.4, -0.2) is 59.5 Å². The fraction of sp³-hybridized carbons (Fsp3) is 0.353. The number of anilines is 2. The standard InChI is InChI=1S/C17H24BN7/c1-24(2)8-4-7-20-15-9-16(21-11-13-5-3-6-19-10-13)25-17(23-15)14(18)12-22-25/h3,5-6,9-10,12,21H,4,7-8,11,18H2,1-2H3,(H,20,23). The maximum absolute atomic E-state index is 4.69. The van der Waals surface area contributed by atoms with Crippen LogP contribution in [0.3, 0.4) is 0 Å². The molecule has 0 atom stereocenters. The highest BCUT2D eigenvalue weighted by Crippen LogP contribution is 2.15. The van der Waals surface area contributed by atoms with E-state index in [0.717, 1.165) is 47.8 Å². The van der Waals surface area contributed by atoms with E-state index in [-0.39, 0.29) is 0 Å². The van der Waals surface area contributed by atoms with Gasteiger partial charge in [0.1, 0.15) is 19.5 Å². The molecule has 0 spiro atoms. The molecular formula is C17H24BN7. The van der Waals surface area contributed by atoms with Crippen molar-refractivity contribution in [3.63, 3.8) is 0 Å². The van der Waals surface area contributed by atoms with Gasteiger partial charge < -0.3 is 15.5 Å². The van der Waals surface area contributed by atoms with Gasteiger partial charge in [0, 0.05) is 37.7 Å². The molecular weight excluding hydrogens is 313 g/mol. The van der Waals surface area contributed by atoms with E-state index in [0.29, 0.717) is 6.54 Å². The molecule has 0 bridgehead atoms. The minimum absolute atomic E-state index is 0.686. The zero-order valence-electron chi connectivity index (χ0n) is 15.0. The van der Waals surface area contributed by atoms with Gasteiger partial charge in [-0.3, -0.25) is 4.98 Å². The average Bonchev–Trinajstić information content (AvgIpc) is 2.99. The predicted molar refractivity (Wildman–Crippen MR) is 104 cm³/mol. The quantitative estimate of drug-likeness (QED) is 0.457. The Labute approximate surface area is 148 Å². The van der Waals surface area contributed by atoms with Gasteiger partial charge in [-0.2, -0.15) is 9.61 Å². The molecule has 3 aromatic rings. The summed E-state index contributed by atoms with van der Waals surface area (Å²) in [6, 6.07) is 5.99. The number of hydrogen-bond acceptors (Lipinski definition) is 6. The van der Waals surface area contributed by atoms with Crippen molar-refractivity contribution in [2.45, 2.75) is 13.0 Å². The highest BCUT2D eigenvalue weighted by Gasteiger charge is 2.09. The number of rotatable bonds is 8. The van der Waals surface area contributed by atoms with Gasteiger partial charge >= 0.3 is 0 Å². The number of hydrogen-bond donors (Lipinski definition) is 2. The highest BCUT2D eigenvalue weighted by atomic mass is 15.3. The zero-order chi connectivity index (χ0) is 17.6. The molecule has 130 valence electrons. The Morgan fingerprint density at radius 2 is 2.12 bits per heavy atom. The Morgan fingerprint density at radius 1 is 1.24 bits per heavy atom. The Hall–Kier alpha value is -2.61. The van der Waals surface area contributed by atoms with Crippen molar-refractivity contribution in [2.24, 2.45) is 0 Å². The lowest BCUT2D eigenvalue weighted by atomic mass is 10.0. The van der Waals surface area contributed by atoms with Crippen LogP contribution >= 0.6 is 0 Å². The third-order valence-corrected chi connectivity index (χ3v) is 3.93. The van der Waals surface area contributed by atoms with E-state index in [1.165, 1.54) is 0 Å².